The molecule has 0 aliphatic carbocycles. The molecular formula is C15H19ClN2O4. The normalized spacial score (nSPS) is 9.95. The maximum Gasteiger partial charge on any atom is 0.324 e. The van der Waals surface area contributed by atoms with E-state index in [0.717, 1.165) is 10.5 Å². The molecule has 0 fully saturated rings. The Morgan fingerprint density at radius 2 is 1.86 bits per heavy atom. The van der Waals surface area contributed by atoms with Crippen LogP contribution < -0.4 is 5.32 Å². The summed E-state index contributed by atoms with van der Waals surface area (Å²) >= 11 is 5.78. The monoisotopic (exact) mass is 326 g/mol. The Bertz CT molecular complexity index is 531. The first-order chi connectivity index (χ1) is 10.4. The van der Waals surface area contributed by atoms with Crippen molar-refractivity contribution < 1.29 is 19.1 Å². The number of hydrogen-bond acceptors (Lipinski definition) is 4. The Hall–Kier alpha value is -2.08. The Morgan fingerprint density at radius 3 is 2.41 bits per heavy atom. The highest BCUT2D eigenvalue weighted by atomic mass is 35.5. The lowest BCUT2D eigenvalue weighted by atomic mass is 10.2. The van der Waals surface area contributed by atoms with Gasteiger partial charge in [-0.1, -0.05) is 23.7 Å². The minimum Gasteiger partial charge on any atom is -0.466 e. The molecule has 0 heterocycles. The van der Waals surface area contributed by atoms with E-state index in [1.807, 2.05) is 0 Å². The summed E-state index contributed by atoms with van der Waals surface area (Å²) in [6.45, 7) is 3.48. The molecule has 0 radical (unpaired) electrons. The zero-order valence-corrected chi connectivity index (χ0v) is 13.4. The fourth-order valence-electron chi connectivity index (χ4n) is 1.71. The van der Waals surface area contributed by atoms with Gasteiger partial charge in [0.1, 0.15) is 0 Å². The number of hydrogen-bond donors (Lipinski definition) is 1. The molecule has 3 amide bonds. The summed E-state index contributed by atoms with van der Waals surface area (Å²) in [5, 5.41) is 3.23. The highest BCUT2D eigenvalue weighted by Gasteiger charge is 2.19. The van der Waals surface area contributed by atoms with Gasteiger partial charge in [0, 0.05) is 25.0 Å². The molecule has 1 rings (SSSR count). The van der Waals surface area contributed by atoms with Gasteiger partial charge in [-0.25, -0.2) is 4.79 Å². The summed E-state index contributed by atoms with van der Waals surface area (Å²) < 4.78 is 4.77. The molecule has 0 saturated carbocycles. The minimum absolute atomic E-state index is 0.0133. The number of ether oxygens (including phenoxy) is 1. The third-order valence-corrected chi connectivity index (χ3v) is 3.08. The number of benzene rings is 1. The van der Waals surface area contributed by atoms with Crippen LogP contribution in [0, 0.1) is 0 Å². The molecule has 0 atom stereocenters. The van der Waals surface area contributed by atoms with Crippen LogP contribution in [-0.2, 0) is 20.9 Å². The SMILES string of the molecule is CCOC(=O)CCN(C(C)=O)C(=O)NCc1ccc(Cl)cc1. The Morgan fingerprint density at radius 1 is 1.23 bits per heavy atom. The van der Waals surface area contributed by atoms with E-state index < -0.39 is 17.9 Å². The summed E-state index contributed by atoms with van der Waals surface area (Å²) in [5.41, 5.74) is 0.853. The molecule has 0 spiro atoms. The number of rotatable bonds is 6. The van der Waals surface area contributed by atoms with Gasteiger partial charge < -0.3 is 10.1 Å². The fourth-order valence-corrected chi connectivity index (χ4v) is 1.84. The second-order valence-electron chi connectivity index (χ2n) is 4.51. The zero-order chi connectivity index (χ0) is 16.5. The van der Waals surface area contributed by atoms with Gasteiger partial charge in [-0.3, -0.25) is 14.5 Å². The number of amides is 3. The van der Waals surface area contributed by atoms with Crippen LogP contribution in [0.15, 0.2) is 24.3 Å². The molecule has 0 saturated heterocycles. The van der Waals surface area contributed by atoms with Crippen molar-refractivity contribution in [3.05, 3.63) is 34.9 Å². The largest absolute Gasteiger partial charge is 0.466 e. The van der Waals surface area contributed by atoms with Crippen LogP contribution in [0.2, 0.25) is 5.02 Å². The van der Waals surface area contributed by atoms with Crippen molar-refractivity contribution in [2.24, 2.45) is 0 Å². The number of halogens is 1. The molecule has 0 unspecified atom stereocenters. The average Bonchev–Trinajstić information content (AvgIpc) is 2.46. The van der Waals surface area contributed by atoms with E-state index in [2.05, 4.69) is 5.32 Å². The second-order valence-corrected chi connectivity index (χ2v) is 4.95. The molecule has 120 valence electrons. The van der Waals surface area contributed by atoms with Crippen LogP contribution in [0.5, 0.6) is 0 Å². The van der Waals surface area contributed by atoms with Crippen molar-refractivity contribution in [3.63, 3.8) is 0 Å². The lowest BCUT2D eigenvalue weighted by Gasteiger charge is -2.19. The van der Waals surface area contributed by atoms with Gasteiger partial charge >= 0.3 is 12.0 Å². The summed E-state index contributed by atoms with van der Waals surface area (Å²) in [5.74, 6) is -0.878. The van der Waals surface area contributed by atoms with Crippen LogP contribution >= 0.6 is 11.6 Å². The predicted molar refractivity (Wildman–Crippen MR) is 82.3 cm³/mol. The Labute approximate surface area is 134 Å². The fraction of sp³-hybridized carbons (Fsp3) is 0.400. The van der Waals surface area contributed by atoms with E-state index in [0.29, 0.717) is 5.02 Å². The lowest BCUT2D eigenvalue weighted by molar-refractivity contribution is -0.143. The van der Waals surface area contributed by atoms with E-state index in [4.69, 9.17) is 16.3 Å². The first-order valence-electron chi connectivity index (χ1n) is 6.90. The van der Waals surface area contributed by atoms with Crippen molar-refractivity contribution in [1.29, 1.82) is 0 Å². The van der Waals surface area contributed by atoms with Crippen molar-refractivity contribution in [2.45, 2.75) is 26.8 Å². The third-order valence-electron chi connectivity index (χ3n) is 2.83. The zero-order valence-electron chi connectivity index (χ0n) is 12.6. The van der Waals surface area contributed by atoms with Crippen LogP contribution in [0.1, 0.15) is 25.8 Å². The van der Waals surface area contributed by atoms with E-state index >= 15 is 0 Å². The summed E-state index contributed by atoms with van der Waals surface area (Å²) in [4.78, 5) is 35.8. The highest BCUT2D eigenvalue weighted by Crippen LogP contribution is 2.09. The number of imide groups is 1. The van der Waals surface area contributed by atoms with Crippen molar-refractivity contribution in [1.82, 2.24) is 10.2 Å². The van der Waals surface area contributed by atoms with E-state index in [1.54, 1.807) is 31.2 Å². The molecule has 0 bridgehead atoms. The number of nitrogens with one attached hydrogen (secondary N) is 1. The van der Waals surface area contributed by atoms with Gasteiger partial charge in [0.2, 0.25) is 5.91 Å². The Kier molecular flexibility index (Phi) is 7.39. The molecule has 22 heavy (non-hydrogen) atoms. The highest BCUT2D eigenvalue weighted by molar-refractivity contribution is 6.30. The lowest BCUT2D eigenvalue weighted by Crippen LogP contribution is -2.43. The summed E-state index contributed by atoms with van der Waals surface area (Å²) in [6.07, 6.45) is -0.0260. The standard InChI is InChI=1S/C15H19ClN2O4/c1-3-22-14(20)8-9-18(11(2)19)15(21)17-10-12-4-6-13(16)7-5-12/h4-7H,3,8-10H2,1-2H3,(H,17,21). The van der Waals surface area contributed by atoms with E-state index in [9.17, 15) is 14.4 Å². The molecule has 6 nitrogen and oxygen atoms in total. The third kappa shape index (κ3) is 6.13. The number of urea groups is 1. The number of carbonyl (C=O) groups is 3. The minimum atomic E-state index is -0.549. The van der Waals surface area contributed by atoms with Gasteiger partial charge in [-0.05, 0) is 24.6 Å². The van der Waals surface area contributed by atoms with Gasteiger partial charge in [0.25, 0.3) is 0 Å². The molecule has 0 aliphatic rings. The van der Waals surface area contributed by atoms with Crippen LogP contribution in [0.25, 0.3) is 0 Å². The Balaban J connectivity index is 2.52. The van der Waals surface area contributed by atoms with Crippen molar-refractivity contribution in [2.75, 3.05) is 13.2 Å². The van der Waals surface area contributed by atoms with Gasteiger partial charge in [0.15, 0.2) is 0 Å². The summed E-state index contributed by atoms with van der Waals surface area (Å²) in [7, 11) is 0. The van der Waals surface area contributed by atoms with E-state index in [-0.39, 0.29) is 26.1 Å². The molecule has 1 aromatic carbocycles. The maximum absolute atomic E-state index is 12.0. The second kappa shape index (κ2) is 9.04. The van der Waals surface area contributed by atoms with Gasteiger partial charge in [-0.15, -0.1) is 0 Å². The van der Waals surface area contributed by atoms with Crippen LogP contribution in [-0.4, -0.2) is 36.0 Å². The van der Waals surface area contributed by atoms with Crippen LogP contribution in [0.4, 0.5) is 4.79 Å². The molecule has 1 N–H and O–H groups in total. The summed E-state index contributed by atoms with van der Waals surface area (Å²) in [6, 6.07) is 6.43. The molecular weight excluding hydrogens is 308 g/mol. The predicted octanol–water partition coefficient (Wildman–Crippen LogP) is 2.35. The first kappa shape index (κ1) is 18.0. The molecule has 0 aromatic heterocycles. The average molecular weight is 327 g/mol. The quantitative estimate of drug-likeness (QED) is 0.814. The smallest absolute Gasteiger partial charge is 0.324 e. The van der Waals surface area contributed by atoms with Crippen LogP contribution in [0.3, 0.4) is 0 Å². The maximum atomic E-state index is 12.0. The van der Waals surface area contributed by atoms with Crippen molar-refractivity contribution in [3.8, 4) is 0 Å². The van der Waals surface area contributed by atoms with Crippen molar-refractivity contribution >= 4 is 29.5 Å². The number of nitrogens with zero attached hydrogens (tertiary/aromatic N) is 1. The molecule has 7 heteroatoms. The molecule has 1 aromatic rings. The van der Waals surface area contributed by atoms with Gasteiger partial charge in [0.05, 0.1) is 13.0 Å². The van der Waals surface area contributed by atoms with Gasteiger partial charge in [-0.2, -0.15) is 0 Å². The molecule has 0 aliphatic heterocycles. The number of carbonyl (C=O) groups excluding carboxylic acids is 3. The first-order valence-corrected chi connectivity index (χ1v) is 7.27. The van der Waals surface area contributed by atoms with E-state index in [1.165, 1.54) is 6.92 Å². The topological polar surface area (TPSA) is 75.7 Å². The number of esters is 1.